The lowest BCUT2D eigenvalue weighted by Gasteiger charge is -2.36. The fourth-order valence-electron chi connectivity index (χ4n) is 3.59. The van der Waals surface area contributed by atoms with Crippen LogP contribution in [0.4, 0.5) is 0 Å². The zero-order valence-electron chi connectivity index (χ0n) is 14.1. The Morgan fingerprint density at radius 2 is 1.58 bits per heavy atom. The molecule has 2 aliphatic rings. The maximum absolute atomic E-state index is 6.05. The highest BCUT2D eigenvalue weighted by atomic mass is 35.5. The zero-order valence-corrected chi connectivity index (χ0v) is 16.4. The van der Waals surface area contributed by atoms with Gasteiger partial charge in [0.2, 0.25) is 0 Å². The van der Waals surface area contributed by atoms with Crippen LogP contribution in [-0.2, 0) is 0 Å². The molecule has 0 spiro atoms. The van der Waals surface area contributed by atoms with Crippen molar-refractivity contribution < 1.29 is 0 Å². The summed E-state index contributed by atoms with van der Waals surface area (Å²) in [7, 11) is 0. The Balaban J connectivity index is 1.75. The third kappa shape index (κ3) is 3.66. The minimum atomic E-state index is 0.0879. The molecule has 0 unspecified atom stereocenters. The van der Waals surface area contributed by atoms with Gasteiger partial charge in [-0.2, -0.15) is 0 Å². The molecule has 1 atom stereocenters. The van der Waals surface area contributed by atoms with Crippen LogP contribution in [-0.4, -0.2) is 5.11 Å². The van der Waals surface area contributed by atoms with Gasteiger partial charge < -0.3 is 10.6 Å². The fourth-order valence-corrected chi connectivity index (χ4v) is 4.06. The Kier molecular flexibility index (Phi) is 5.03. The van der Waals surface area contributed by atoms with Crippen LogP contribution in [0.5, 0.6) is 0 Å². The van der Waals surface area contributed by atoms with Gasteiger partial charge in [0, 0.05) is 15.7 Å². The van der Waals surface area contributed by atoms with Gasteiger partial charge in [-0.25, -0.2) is 0 Å². The minimum absolute atomic E-state index is 0.0879. The van der Waals surface area contributed by atoms with E-state index in [0.717, 1.165) is 40.6 Å². The smallest absolute Gasteiger partial charge is 0.171 e. The average molecular weight is 401 g/mol. The Labute approximate surface area is 168 Å². The second-order valence-corrected chi connectivity index (χ2v) is 7.84. The van der Waals surface area contributed by atoms with Crippen LogP contribution in [0.3, 0.4) is 0 Å². The lowest BCUT2D eigenvalue weighted by atomic mass is 9.83. The first-order chi connectivity index (χ1) is 12.6. The lowest BCUT2D eigenvalue weighted by molar-refractivity contribution is 0.609. The van der Waals surface area contributed by atoms with Crippen molar-refractivity contribution in [3.63, 3.8) is 0 Å². The molecule has 1 aliphatic carbocycles. The predicted molar refractivity (Wildman–Crippen MR) is 113 cm³/mol. The molecule has 0 bridgehead atoms. The first-order valence-corrected chi connectivity index (χ1v) is 9.79. The quantitative estimate of drug-likeness (QED) is 0.601. The van der Waals surface area contributed by atoms with Crippen LogP contribution in [0.2, 0.25) is 10.0 Å². The van der Waals surface area contributed by atoms with E-state index < -0.39 is 0 Å². The maximum atomic E-state index is 6.05. The van der Waals surface area contributed by atoms with E-state index in [4.69, 9.17) is 35.4 Å². The molecule has 1 heterocycles. The van der Waals surface area contributed by atoms with Gasteiger partial charge in [-0.3, -0.25) is 0 Å². The Hall–Kier alpha value is -1.81. The molecule has 2 aromatic carbocycles. The van der Waals surface area contributed by atoms with E-state index in [2.05, 4.69) is 28.8 Å². The van der Waals surface area contributed by atoms with Gasteiger partial charge in [0.15, 0.2) is 5.11 Å². The van der Waals surface area contributed by atoms with Crippen molar-refractivity contribution in [2.24, 2.45) is 0 Å². The number of rotatable bonds is 2. The van der Waals surface area contributed by atoms with E-state index in [9.17, 15) is 0 Å². The molecule has 2 N–H and O–H groups in total. The molecule has 26 heavy (non-hydrogen) atoms. The van der Waals surface area contributed by atoms with Gasteiger partial charge in [-0.05, 0) is 84.1 Å². The number of nitrogens with one attached hydrogen (secondary N) is 2. The summed E-state index contributed by atoms with van der Waals surface area (Å²) in [6, 6.07) is 16.0. The molecule has 0 radical (unpaired) electrons. The van der Waals surface area contributed by atoms with E-state index in [1.807, 2.05) is 36.4 Å². The van der Waals surface area contributed by atoms with E-state index in [1.165, 1.54) is 16.7 Å². The highest BCUT2D eigenvalue weighted by Gasteiger charge is 2.30. The zero-order chi connectivity index (χ0) is 18.1. The van der Waals surface area contributed by atoms with Gasteiger partial charge in [0.1, 0.15) is 0 Å². The van der Waals surface area contributed by atoms with Gasteiger partial charge in [-0.15, -0.1) is 0 Å². The number of benzene rings is 2. The number of allylic oxidation sites excluding steroid dienone is 1. The third-order valence-corrected chi connectivity index (χ3v) is 5.53. The lowest BCUT2D eigenvalue weighted by Crippen LogP contribution is -2.45. The summed E-state index contributed by atoms with van der Waals surface area (Å²) >= 11 is 17.5. The van der Waals surface area contributed by atoms with E-state index in [-0.39, 0.29) is 6.04 Å². The first kappa shape index (κ1) is 17.6. The highest BCUT2D eigenvalue weighted by Crippen LogP contribution is 2.38. The molecule has 0 fully saturated rings. The largest absolute Gasteiger partial charge is 0.352 e. The van der Waals surface area contributed by atoms with Crippen LogP contribution in [0.1, 0.15) is 36.4 Å². The van der Waals surface area contributed by atoms with Crippen molar-refractivity contribution >= 4 is 46.6 Å². The number of hydrogen-bond acceptors (Lipinski definition) is 1. The molecule has 0 amide bonds. The number of hydrogen-bond donors (Lipinski definition) is 2. The second-order valence-electron chi connectivity index (χ2n) is 6.56. The molecular weight excluding hydrogens is 383 g/mol. The summed E-state index contributed by atoms with van der Waals surface area (Å²) < 4.78 is 0. The summed E-state index contributed by atoms with van der Waals surface area (Å²) in [5.74, 6) is 0. The van der Waals surface area contributed by atoms with Gasteiger partial charge in [0.05, 0.1) is 6.04 Å². The molecular formula is C21H18Cl2N2S. The highest BCUT2D eigenvalue weighted by molar-refractivity contribution is 7.80. The van der Waals surface area contributed by atoms with E-state index >= 15 is 0 Å². The number of thiocarbonyl (C=S) groups is 1. The topological polar surface area (TPSA) is 24.1 Å². The van der Waals surface area contributed by atoms with Crippen molar-refractivity contribution in [3.8, 4) is 0 Å². The van der Waals surface area contributed by atoms with Crippen molar-refractivity contribution in [2.75, 3.05) is 0 Å². The standard InChI is InChI=1S/C21H18Cl2N2S/c22-16-8-4-13(5-9-16)12-15-2-1-3-18-19(24-21(26)25-20(15)18)14-6-10-17(23)11-7-14/h4-12,19H,1-3H2,(H2,24,25,26)/b15-12-/t19-/m1/s1. The molecule has 4 rings (SSSR count). The molecule has 5 heteroatoms. The molecule has 2 nitrogen and oxygen atoms in total. The third-order valence-electron chi connectivity index (χ3n) is 4.81. The SMILES string of the molecule is S=C1NC2=C(CCC/C2=C/c2ccc(Cl)cc2)[C@@H](c2ccc(Cl)cc2)N1. The van der Waals surface area contributed by atoms with Crippen LogP contribution in [0.25, 0.3) is 6.08 Å². The van der Waals surface area contributed by atoms with Crippen molar-refractivity contribution in [1.82, 2.24) is 10.6 Å². The van der Waals surface area contributed by atoms with E-state index in [0.29, 0.717) is 5.11 Å². The Bertz CT molecular complexity index is 899. The summed E-state index contributed by atoms with van der Waals surface area (Å²) in [6.07, 6.45) is 5.43. The van der Waals surface area contributed by atoms with Crippen LogP contribution < -0.4 is 10.6 Å². The van der Waals surface area contributed by atoms with Gasteiger partial charge >= 0.3 is 0 Å². The average Bonchev–Trinajstić information content (AvgIpc) is 2.64. The Morgan fingerprint density at radius 3 is 2.27 bits per heavy atom. The predicted octanol–water partition coefficient (Wildman–Crippen LogP) is 6.03. The molecule has 2 aromatic rings. The van der Waals surface area contributed by atoms with Crippen LogP contribution >= 0.6 is 35.4 Å². The van der Waals surface area contributed by atoms with Crippen molar-refractivity contribution in [3.05, 3.63) is 86.5 Å². The fraction of sp³-hybridized carbons (Fsp3) is 0.190. The number of halogens is 2. The summed E-state index contributed by atoms with van der Waals surface area (Å²) in [5.41, 5.74) is 6.13. The first-order valence-electron chi connectivity index (χ1n) is 8.63. The van der Waals surface area contributed by atoms with Gasteiger partial charge in [0.25, 0.3) is 0 Å². The van der Waals surface area contributed by atoms with Gasteiger partial charge in [-0.1, -0.05) is 47.5 Å². The van der Waals surface area contributed by atoms with Crippen molar-refractivity contribution in [1.29, 1.82) is 0 Å². The van der Waals surface area contributed by atoms with Crippen LogP contribution in [0.15, 0.2) is 65.4 Å². The summed E-state index contributed by atoms with van der Waals surface area (Å²) in [5, 5.41) is 8.96. The molecule has 0 saturated heterocycles. The monoisotopic (exact) mass is 400 g/mol. The van der Waals surface area contributed by atoms with Crippen molar-refractivity contribution in [2.45, 2.75) is 25.3 Å². The molecule has 0 saturated carbocycles. The molecule has 132 valence electrons. The normalized spacial score (nSPS) is 21.2. The summed E-state index contributed by atoms with van der Waals surface area (Å²) in [6.45, 7) is 0. The maximum Gasteiger partial charge on any atom is 0.171 e. The molecule has 0 aromatic heterocycles. The molecule has 1 aliphatic heterocycles. The van der Waals surface area contributed by atoms with Crippen LogP contribution in [0, 0.1) is 0 Å². The minimum Gasteiger partial charge on any atom is -0.352 e. The summed E-state index contributed by atoms with van der Waals surface area (Å²) in [4.78, 5) is 0. The van der Waals surface area contributed by atoms with E-state index in [1.54, 1.807) is 0 Å². The Morgan fingerprint density at radius 1 is 0.923 bits per heavy atom. The second kappa shape index (κ2) is 7.43.